The van der Waals surface area contributed by atoms with Gasteiger partial charge in [0.05, 0.1) is 0 Å². The summed E-state index contributed by atoms with van der Waals surface area (Å²) in [5, 5.41) is 28.7. The molecule has 9 heteroatoms. The minimum absolute atomic E-state index is 0.0308. The van der Waals surface area contributed by atoms with Crippen LogP contribution in [0.2, 0.25) is 0 Å². The molecule has 1 amide bonds. The third-order valence-electron chi connectivity index (χ3n) is 4.96. The monoisotopic (exact) mass is 393 g/mol. The Morgan fingerprint density at radius 2 is 1.93 bits per heavy atom. The minimum atomic E-state index is -0.492. The molecule has 0 aliphatic carbocycles. The van der Waals surface area contributed by atoms with Gasteiger partial charge < -0.3 is 9.85 Å². The third kappa shape index (κ3) is 4.16. The number of quaternary nitrogens is 1. The number of hydroxylamine groups is 3. The number of nitrogens with one attached hydrogen (secondary N) is 2. The van der Waals surface area contributed by atoms with Gasteiger partial charge in [-0.15, -0.1) is 10.2 Å². The summed E-state index contributed by atoms with van der Waals surface area (Å²) in [7, 11) is 0. The molecule has 1 atom stereocenters. The number of aromatic nitrogens is 4. The molecule has 0 saturated carbocycles. The second-order valence-corrected chi connectivity index (χ2v) is 7.22. The van der Waals surface area contributed by atoms with Crippen LogP contribution in [0, 0.1) is 5.21 Å². The van der Waals surface area contributed by atoms with E-state index < -0.39 is 4.65 Å². The van der Waals surface area contributed by atoms with Crippen molar-refractivity contribution in [3.63, 3.8) is 0 Å². The zero-order valence-corrected chi connectivity index (χ0v) is 16.2. The first-order valence-corrected chi connectivity index (χ1v) is 9.61. The number of benzene rings is 2. The van der Waals surface area contributed by atoms with Gasteiger partial charge in [-0.25, -0.2) is 5.01 Å². The molecule has 1 saturated heterocycles. The smallest absolute Gasteiger partial charge is 0.241 e. The number of hydrogen-bond acceptors (Lipinski definition) is 6. The predicted molar refractivity (Wildman–Crippen MR) is 107 cm³/mol. The van der Waals surface area contributed by atoms with Crippen LogP contribution >= 0.6 is 0 Å². The van der Waals surface area contributed by atoms with Gasteiger partial charge in [0, 0.05) is 17.5 Å². The lowest BCUT2D eigenvalue weighted by Gasteiger charge is -2.36. The maximum absolute atomic E-state index is 13.0. The molecule has 3 aromatic rings. The molecule has 2 heterocycles. The zero-order valence-electron chi connectivity index (χ0n) is 16.2. The van der Waals surface area contributed by atoms with E-state index in [4.69, 9.17) is 0 Å². The van der Waals surface area contributed by atoms with Crippen LogP contribution in [0.1, 0.15) is 25.3 Å². The van der Waals surface area contributed by atoms with Gasteiger partial charge in [-0.3, -0.25) is 4.79 Å². The highest BCUT2D eigenvalue weighted by Crippen LogP contribution is 2.30. The number of nitrogens with zero attached hydrogens (tertiary/aromatic N) is 5. The average molecular weight is 393 g/mol. The summed E-state index contributed by atoms with van der Waals surface area (Å²) in [4.78, 5) is 12.0. The Bertz CT molecular complexity index is 975. The molecule has 0 spiro atoms. The Morgan fingerprint density at radius 1 is 1.17 bits per heavy atom. The van der Waals surface area contributed by atoms with Gasteiger partial charge in [0.15, 0.2) is 13.3 Å². The van der Waals surface area contributed by atoms with Crippen molar-refractivity contribution in [1.82, 2.24) is 31.1 Å². The molecule has 1 fully saturated rings. The van der Waals surface area contributed by atoms with Crippen LogP contribution in [0.25, 0.3) is 22.5 Å². The minimum Gasteiger partial charge on any atom is -0.630 e. The van der Waals surface area contributed by atoms with Crippen molar-refractivity contribution in [2.75, 3.05) is 13.3 Å². The van der Waals surface area contributed by atoms with E-state index in [9.17, 15) is 10.0 Å². The van der Waals surface area contributed by atoms with Crippen molar-refractivity contribution < 1.29 is 9.44 Å². The van der Waals surface area contributed by atoms with Crippen LogP contribution in [0.3, 0.4) is 0 Å². The lowest BCUT2D eigenvalue weighted by atomic mass is 9.98. The van der Waals surface area contributed by atoms with Gasteiger partial charge in [0.25, 0.3) is 0 Å². The number of rotatable bonds is 6. The van der Waals surface area contributed by atoms with E-state index in [0.29, 0.717) is 18.8 Å². The number of hydrogen-bond donors (Lipinski definition) is 2. The summed E-state index contributed by atoms with van der Waals surface area (Å²) in [6.07, 6.45) is 1.21. The van der Waals surface area contributed by atoms with Gasteiger partial charge in [-0.1, -0.05) is 55.5 Å². The van der Waals surface area contributed by atoms with Crippen LogP contribution in [0.15, 0.2) is 48.5 Å². The number of carbonyl (C=O) groups is 1. The van der Waals surface area contributed by atoms with Crippen molar-refractivity contribution >= 4 is 5.91 Å². The SMILES string of the molecule is CCCC(=O)N1C[N+]([O-])(Cc2ccc(-c3ccccc3-c3nn[nH]n3)cc2)CN1. The molecule has 29 heavy (non-hydrogen) atoms. The Hall–Kier alpha value is -3.14. The molecule has 0 bridgehead atoms. The van der Waals surface area contributed by atoms with Crippen LogP contribution < -0.4 is 5.43 Å². The van der Waals surface area contributed by atoms with Gasteiger partial charge in [0.1, 0.15) is 6.54 Å². The molecule has 1 unspecified atom stereocenters. The van der Waals surface area contributed by atoms with Crippen molar-refractivity contribution in [3.05, 3.63) is 59.3 Å². The summed E-state index contributed by atoms with van der Waals surface area (Å²) in [5.41, 5.74) is 6.74. The number of amides is 1. The van der Waals surface area contributed by atoms with Gasteiger partial charge in [-0.05, 0) is 22.8 Å². The summed E-state index contributed by atoms with van der Waals surface area (Å²) >= 11 is 0. The number of H-pyrrole nitrogens is 1. The molecule has 2 aromatic carbocycles. The molecule has 150 valence electrons. The maximum Gasteiger partial charge on any atom is 0.241 e. The number of hydrazine groups is 1. The summed E-state index contributed by atoms with van der Waals surface area (Å²) in [5.74, 6) is 0.505. The number of carbonyl (C=O) groups excluding carboxylic acids is 1. The molecule has 1 aliphatic heterocycles. The molecule has 9 nitrogen and oxygen atoms in total. The summed E-state index contributed by atoms with van der Waals surface area (Å²) in [6.45, 7) is 2.57. The molecular formula is C20H23N7O2. The van der Waals surface area contributed by atoms with Crippen molar-refractivity contribution in [2.45, 2.75) is 26.3 Å². The normalized spacial score (nSPS) is 18.9. The fourth-order valence-corrected chi connectivity index (χ4v) is 3.52. The van der Waals surface area contributed by atoms with Crippen LogP contribution in [-0.2, 0) is 11.3 Å². The highest BCUT2D eigenvalue weighted by atomic mass is 16.6. The fourth-order valence-electron chi connectivity index (χ4n) is 3.52. The molecule has 1 aromatic heterocycles. The third-order valence-corrected chi connectivity index (χ3v) is 4.96. The maximum atomic E-state index is 13.0. The number of tetrazole rings is 1. The van der Waals surface area contributed by atoms with Crippen molar-refractivity contribution in [1.29, 1.82) is 0 Å². The van der Waals surface area contributed by atoms with Gasteiger partial charge in [-0.2, -0.15) is 10.6 Å². The number of aromatic amines is 1. The molecule has 1 aliphatic rings. The zero-order chi connectivity index (χ0) is 20.3. The fraction of sp³-hybridized carbons (Fsp3) is 0.300. The molecule has 2 N–H and O–H groups in total. The van der Waals surface area contributed by atoms with E-state index in [1.807, 2.05) is 55.5 Å². The van der Waals surface area contributed by atoms with Crippen LogP contribution in [-0.4, -0.2) is 49.5 Å². The molecule has 4 rings (SSSR count). The van der Waals surface area contributed by atoms with Crippen molar-refractivity contribution in [2.24, 2.45) is 0 Å². The van der Waals surface area contributed by atoms with E-state index in [1.165, 1.54) is 5.01 Å². The van der Waals surface area contributed by atoms with E-state index in [1.54, 1.807) is 0 Å². The van der Waals surface area contributed by atoms with Crippen LogP contribution in [0.5, 0.6) is 0 Å². The first-order valence-electron chi connectivity index (χ1n) is 9.61. The average Bonchev–Trinajstić information content (AvgIpc) is 3.39. The summed E-state index contributed by atoms with van der Waals surface area (Å²) in [6, 6.07) is 15.7. The summed E-state index contributed by atoms with van der Waals surface area (Å²) < 4.78 is -0.492. The Balaban J connectivity index is 1.49. The highest BCUT2D eigenvalue weighted by molar-refractivity contribution is 5.80. The van der Waals surface area contributed by atoms with E-state index in [0.717, 1.165) is 28.7 Å². The second-order valence-electron chi connectivity index (χ2n) is 7.22. The van der Waals surface area contributed by atoms with Crippen LogP contribution in [0.4, 0.5) is 0 Å². The van der Waals surface area contributed by atoms with Gasteiger partial charge >= 0.3 is 0 Å². The quantitative estimate of drug-likeness (QED) is 0.492. The Kier molecular flexibility index (Phi) is 5.34. The lowest BCUT2D eigenvalue weighted by molar-refractivity contribution is -0.886. The van der Waals surface area contributed by atoms with Gasteiger partial charge in [0.2, 0.25) is 11.7 Å². The highest BCUT2D eigenvalue weighted by Gasteiger charge is 2.31. The second kappa shape index (κ2) is 8.08. The molecular weight excluding hydrogens is 370 g/mol. The predicted octanol–water partition coefficient (Wildman–Crippen LogP) is 2.41. The van der Waals surface area contributed by atoms with Crippen molar-refractivity contribution in [3.8, 4) is 22.5 Å². The van der Waals surface area contributed by atoms with E-state index in [-0.39, 0.29) is 19.2 Å². The molecule has 0 radical (unpaired) electrons. The lowest BCUT2D eigenvalue weighted by Crippen LogP contribution is -2.41. The largest absolute Gasteiger partial charge is 0.630 e. The standard InChI is InChI=1S/C20H23N7O2/c1-2-5-19(28)26-14-27(29,13-21-26)12-15-8-10-16(11-9-15)17-6-3-4-7-18(17)20-22-24-25-23-20/h3-4,6-11,21H,2,5,12-14H2,1H3,(H,22,23,24,25). The van der Waals surface area contributed by atoms with E-state index in [2.05, 4.69) is 26.0 Å². The first kappa shape index (κ1) is 19.2. The topological polar surface area (TPSA) is 110 Å². The Morgan fingerprint density at radius 3 is 2.62 bits per heavy atom. The Labute approximate surface area is 168 Å². The first-order chi connectivity index (χ1) is 14.1. The van der Waals surface area contributed by atoms with E-state index >= 15 is 0 Å².